The van der Waals surface area contributed by atoms with Crippen LogP contribution < -0.4 is 0 Å². The van der Waals surface area contributed by atoms with E-state index in [-0.39, 0.29) is 0 Å². The zero-order chi connectivity index (χ0) is 12.8. The van der Waals surface area contributed by atoms with Crippen molar-refractivity contribution in [1.82, 2.24) is 0 Å². The number of hydrogen-bond donors (Lipinski definition) is 0. The van der Waals surface area contributed by atoms with Gasteiger partial charge in [0.15, 0.2) is 0 Å². The SMILES string of the molecule is Cc1cc2c(CC(F)(F)F)c(C)cc(C)c2o1. The fourth-order valence-electron chi connectivity index (χ4n) is 2.16. The summed E-state index contributed by atoms with van der Waals surface area (Å²) in [4.78, 5) is 0. The number of halogens is 3. The fourth-order valence-corrected chi connectivity index (χ4v) is 2.16. The highest BCUT2D eigenvalue weighted by Crippen LogP contribution is 2.33. The summed E-state index contributed by atoms with van der Waals surface area (Å²) in [6.45, 7) is 5.29. The number of furan rings is 1. The van der Waals surface area contributed by atoms with Gasteiger partial charge in [-0.05, 0) is 43.5 Å². The summed E-state index contributed by atoms with van der Waals surface area (Å²) < 4.78 is 43.0. The minimum absolute atomic E-state index is 0.315. The Morgan fingerprint density at radius 2 is 1.71 bits per heavy atom. The second kappa shape index (κ2) is 3.79. The zero-order valence-electron chi connectivity index (χ0n) is 9.90. The number of aryl methyl sites for hydroxylation is 3. The van der Waals surface area contributed by atoms with Gasteiger partial charge in [-0.2, -0.15) is 13.2 Å². The van der Waals surface area contributed by atoms with E-state index in [1.807, 2.05) is 6.92 Å². The Hall–Kier alpha value is -1.45. The van der Waals surface area contributed by atoms with Crippen molar-refractivity contribution >= 4 is 11.0 Å². The Balaban J connectivity index is 2.69. The number of alkyl halides is 3. The third-order valence-corrected chi connectivity index (χ3v) is 2.82. The van der Waals surface area contributed by atoms with Gasteiger partial charge in [-0.15, -0.1) is 0 Å². The molecule has 2 aromatic rings. The van der Waals surface area contributed by atoms with Crippen molar-refractivity contribution < 1.29 is 17.6 Å². The summed E-state index contributed by atoms with van der Waals surface area (Å²) in [5, 5.41) is 0.581. The van der Waals surface area contributed by atoms with E-state index in [1.54, 1.807) is 26.0 Å². The van der Waals surface area contributed by atoms with E-state index in [9.17, 15) is 13.2 Å². The highest BCUT2D eigenvalue weighted by atomic mass is 19.4. The first-order valence-corrected chi connectivity index (χ1v) is 5.34. The third-order valence-electron chi connectivity index (χ3n) is 2.82. The molecular formula is C13H13F3O. The van der Waals surface area contributed by atoms with Gasteiger partial charge in [-0.1, -0.05) is 6.07 Å². The Labute approximate surface area is 97.2 Å². The summed E-state index contributed by atoms with van der Waals surface area (Å²) in [6.07, 6.45) is -5.10. The Morgan fingerprint density at radius 1 is 1.06 bits per heavy atom. The summed E-state index contributed by atoms with van der Waals surface area (Å²) in [5.74, 6) is 0.636. The van der Waals surface area contributed by atoms with Crippen LogP contribution in [0.15, 0.2) is 16.5 Å². The van der Waals surface area contributed by atoms with Gasteiger partial charge in [0.25, 0.3) is 0 Å². The van der Waals surface area contributed by atoms with Crippen molar-refractivity contribution in [2.75, 3.05) is 0 Å². The number of hydrogen-bond acceptors (Lipinski definition) is 1. The van der Waals surface area contributed by atoms with Crippen molar-refractivity contribution in [3.05, 3.63) is 34.6 Å². The van der Waals surface area contributed by atoms with E-state index in [1.165, 1.54) is 0 Å². The molecule has 0 saturated heterocycles. The average molecular weight is 242 g/mol. The van der Waals surface area contributed by atoms with Crippen molar-refractivity contribution in [2.45, 2.75) is 33.4 Å². The third kappa shape index (κ3) is 2.30. The molecular weight excluding hydrogens is 229 g/mol. The molecule has 0 saturated carbocycles. The molecule has 1 aromatic heterocycles. The molecule has 0 bridgehead atoms. The summed E-state index contributed by atoms with van der Waals surface area (Å²) in [6, 6.07) is 3.42. The molecule has 0 aliphatic rings. The van der Waals surface area contributed by atoms with Gasteiger partial charge in [-0.3, -0.25) is 0 Å². The lowest BCUT2D eigenvalue weighted by molar-refractivity contribution is -0.127. The molecule has 92 valence electrons. The van der Waals surface area contributed by atoms with Crippen LogP contribution in [-0.4, -0.2) is 6.18 Å². The molecule has 0 aliphatic heterocycles. The van der Waals surface area contributed by atoms with Gasteiger partial charge in [0.1, 0.15) is 11.3 Å². The largest absolute Gasteiger partial charge is 0.461 e. The fraction of sp³-hybridized carbons (Fsp3) is 0.385. The quantitative estimate of drug-likeness (QED) is 0.719. The Morgan fingerprint density at radius 3 is 2.29 bits per heavy atom. The van der Waals surface area contributed by atoms with E-state index >= 15 is 0 Å². The molecule has 1 nitrogen and oxygen atoms in total. The lowest BCUT2D eigenvalue weighted by Crippen LogP contribution is -2.12. The van der Waals surface area contributed by atoms with Crippen LogP contribution in [0.25, 0.3) is 11.0 Å². The molecule has 0 radical (unpaired) electrons. The average Bonchev–Trinajstić information content (AvgIpc) is 2.53. The van der Waals surface area contributed by atoms with Crippen molar-refractivity contribution in [3.8, 4) is 0 Å². The molecule has 2 rings (SSSR count). The van der Waals surface area contributed by atoms with E-state index in [0.29, 0.717) is 27.9 Å². The molecule has 4 heteroatoms. The van der Waals surface area contributed by atoms with E-state index in [2.05, 4.69) is 0 Å². The summed E-state index contributed by atoms with van der Waals surface area (Å²) >= 11 is 0. The number of rotatable bonds is 1. The first kappa shape index (κ1) is 12.0. The van der Waals surface area contributed by atoms with Gasteiger partial charge in [0.2, 0.25) is 0 Å². The number of fused-ring (bicyclic) bond motifs is 1. The maximum absolute atomic E-state index is 12.5. The van der Waals surface area contributed by atoms with Crippen LogP contribution in [-0.2, 0) is 6.42 Å². The van der Waals surface area contributed by atoms with Gasteiger partial charge in [0.05, 0.1) is 6.42 Å². The first-order chi connectivity index (χ1) is 7.78. The van der Waals surface area contributed by atoms with E-state index in [0.717, 1.165) is 5.56 Å². The second-order valence-corrected chi connectivity index (χ2v) is 4.38. The lowest BCUT2D eigenvalue weighted by Gasteiger charge is -2.11. The Bertz CT molecular complexity index is 564. The minimum atomic E-state index is -4.20. The van der Waals surface area contributed by atoms with Gasteiger partial charge in [-0.25, -0.2) is 0 Å². The lowest BCUT2D eigenvalue weighted by atomic mass is 9.98. The molecule has 1 aromatic carbocycles. The van der Waals surface area contributed by atoms with Crippen LogP contribution in [0.2, 0.25) is 0 Å². The van der Waals surface area contributed by atoms with Crippen LogP contribution in [0.1, 0.15) is 22.5 Å². The molecule has 17 heavy (non-hydrogen) atoms. The van der Waals surface area contributed by atoms with Gasteiger partial charge in [0, 0.05) is 5.39 Å². The van der Waals surface area contributed by atoms with Crippen molar-refractivity contribution in [2.24, 2.45) is 0 Å². The first-order valence-electron chi connectivity index (χ1n) is 5.34. The molecule has 0 aliphatic carbocycles. The molecule has 0 amide bonds. The van der Waals surface area contributed by atoms with Crippen LogP contribution in [0.5, 0.6) is 0 Å². The topological polar surface area (TPSA) is 13.1 Å². The van der Waals surface area contributed by atoms with Gasteiger partial charge >= 0.3 is 6.18 Å². The van der Waals surface area contributed by atoms with Crippen LogP contribution in [0, 0.1) is 20.8 Å². The van der Waals surface area contributed by atoms with E-state index in [4.69, 9.17) is 4.42 Å². The highest BCUT2D eigenvalue weighted by Gasteiger charge is 2.30. The molecule has 0 spiro atoms. The van der Waals surface area contributed by atoms with Crippen molar-refractivity contribution in [3.63, 3.8) is 0 Å². The molecule has 0 unspecified atom stereocenters. The summed E-state index contributed by atoms with van der Waals surface area (Å²) in [7, 11) is 0. The van der Waals surface area contributed by atoms with Gasteiger partial charge < -0.3 is 4.42 Å². The maximum atomic E-state index is 12.5. The minimum Gasteiger partial charge on any atom is -0.461 e. The standard InChI is InChI=1S/C13H13F3O/c1-7-4-8(2)12-10(5-9(3)17-12)11(7)6-13(14,15)16/h4-5H,6H2,1-3H3. The van der Waals surface area contributed by atoms with E-state index < -0.39 is 12.6 Å². The molecule has 1 heterocycles. The highest BCUT2D eigenvalue weighted by molar-refractivity contribution is 5.85. The van der Waals surface area contributed by atoms with Crippen LogP contribution in [0.4, 0.5) is 13.2 Å². The molecule has 0 N–H and O–H groups in total. The second-order valence-electron chi connectivity index (χ2n) is 4.38. The zero-order valence-corrected chi connectivity index (χ0v) is 9.90. The van der Waals surface area contributed by atoms with Crippen LogP contribution >= 0.6 is 0 Å². The molecule has 0 fully saturated rings. The summed E-state index contributed by atoms with van der Waals surface area (Å²) in [5.41, 5.74) is 2.41. The Kier molecular flexibility index (Phi) is 2.68. The predicted octanol–water partition coefficient (Wildman–Crippen LogP) is 4.46. The smallest absolute Gasteiger partial charge is 0.393 e. The predicted molar refractivity (Wildman–Crippen MR) is 60.2 cm³/mol. The molecule has 0 atom stereocenters. The van der Waals surface area contributed by atoms with Crippen LogP contribution in [0.3, 0.4) is 0 Å². The monoisotopic (exact) mass is 242 g/mol. The number of benzene rings is 1. The normalized spacial score (nSPS) is 12.4. The van der Waals surface area contributed by atoms with Crippen molar-refractivity contribution in [1.29, 1.82) is 0 Å². The maximum Gasteiger partial charge on any atom is 0.393 e.